The maximum atomic E-state index is 11.9. The van der Waals surface area contributed by atoms with Crippen LogP contribution in [0.1, 0.15) is 44.3 Å². The van der Waals surface area contributed by atoms with E-state index in [9.17, 15) is 9.90 Å². The molecular formula is C27H25NO2. The molecule has 3 aromatic carbocycles. The van der Waals surface area contributed by atoms with E-state index in [1.807, 2.05) is 30.3 Å². The minimum atomic E-state index is -0.548. The first-order chi connectivity index (χ1) is 14.6. The molecule has 1 amide bonds. The van der Waals surface area contributed by atoms with Crippen LogP contribution in [0.4, 0.5) is 0 Å². The van der Waals surface area contributed by atoms with Gasteiger partial charge < -0.3 is 10.4 Å². The second kappa shape index (κ2) is 7.26. The molecule has 0 aromatic heterocycles. The van der Waals surface area contributed by atoms with Crippen molar-refractivity contribution >= 4 is 12.0 Å². The number of aliphatic hydroxyl groups excluding tert-OH is 1. The Hall–Kier alpha value is -3.17. The summed E-state index contributed by atoms with van der Waals surface area (Å²) in [7, 11) is 1.64. The van der Waals surface area contributed by atoms with Gasteiger partial charge in [0, 0.05) is 18.0 Å². The molecule has 3 nitrogen and oxygen atoms in total. The Balaban J connectivity index is 1.55. The predicted molar refractivity (Wildman–Crippen MR) is 119 cm³/mol. The molecule has 0 aliphatic heterocycles. The lowest BCUT2D eigenvalue weighted by atomic mass is 9.70. The zero-order chi connectivity index (χ0) is 20.7. The van der Waals surface area contributed by atoms with Gasteiger partial charge in [0.25, 0.3) is 5.91 Å². The van der Waals surface area contributed by atoms with Crippen molar-refractivity contribution in [2.24, 2.45) is 5.41 Å². The van der Waals surface area contributed by atoms with E-state index in [2.05, 4.69) is 53.9 Å². The maximum Gasteiger partial charge on any atom is 0.251 e. The molecular weight excluding hydrogens is 370 g/mol. The zero-order valence-electron chi connectivity index (χ0n) is 17.1. The summed E-state index contributed by atoms with van der Waals surface area (Å²) in [4.78, 5) is 11.9. The van der Waals surface area contributed by atoms with Gasteiger partial charge in [-0.1, -0.05) is 72.3 Å². The summed E-state index contributed by atoms with van der Waals surface area (Å²) in [6.07, 6.45) is 4.16. The Labute approximate surface area is 177 Å². The van der Waals surface area contributed by atoms with Crippen molar-refractivity contribution in [1.29, 1.82) is 0 Å². The van der Waals surface area contributed by atoms with E-state index in [4.69, 9.17) is 0 Å². The number of fused-ring (bicyclic) bond motifs is 2. The van der Waals surface area contributed by atoms with Crippen LogP contribution in [-0.2, 0) is 19.3 Å². The Morgan fingerprint density at radius 2 is 1.70 bits per heavy atom. The zero-order valence-corrected chi connectivity index (χ0v) is 17.1. The van der Waals surface area contributed by atoms with Crippen LogP contribution < -0.4 is 5.32 Å². The van der Waals surface area contributed by atoms with Gasteiger partial charge in [0.05, 0.1) is 6.10 Å². The summed E-state index contributed by atoms with van der Waals surface area (Å²) in [5, 5.41) is 14.2. The SMILES string of the molecule is CNC(=O)c1ccc(CC2(C3=Cc4ccccc4C3)Cc3ccccc3C2O)cc1. The Kier molecular flexibility index (Phi) is 4.56. The van der Waals surface area contributed by atoms with E-state index >= 15 is 0 Å². The van der Waals surface area contributed by atoms with Crippen molar-refractivity contribution in [2.45, 2.75) is 25.4 Å². The molecule has 0 spiro atoms. The van der Waals surface area contributed by atoms with E-state index in [-0.39, 0.29) is 11.3 Å². The molecule has 3 heteroatoms. The average molecular weight is 396 g/mol. The van der Waals surface area contributed by atoms with Gasteiger partial charge in [-0.05, 0) is 59.2 Å². The smallest absolute Gasteiger partial charge is 0.251 e. The van der Waals surface area contributed by atoms with E-state index in [0.29, 0.717) is 5.56 Å². The number of hydrogen-bond acceptors (Lipinski definition) is 2. The fourth-order valence-corrected chi connectivity index (χ4v) is 5.14. The highest BCUT2D eigenvalue weighted by atomic mass is 16.3. The average Bonchev–Trinajstić information content (AvgIpc) is 3.34. The summed E-state index contributed by atoms with van der Waals surface area (Å²) >= 11 is 0. The number of benzene rings is 3. The van der Waals surface area contributed by atoms with Crippen LogP contribution in [-0.4, -0.2) is 18.1 Å². The Morgan fingerprint density at radius 1 is 1.00 bits per heavy atom. The molecule has 0 bridgehead atoms. The van der Waals surface area contributed by atoms with Crippen LogP contribution in [0.25, 0.3) is 6.08 Å². The molecule has 2 unspecified atom stereocenters. The van der Waals surface area contributed by atoms with Gasteiger partial charge in [0.1, 0.15) is 0 Å². The molecule has 30 heavy (non-hydrogen) atoms. The van der Waals surface area contributed by atoms with Crippen molar-refractivity contribution in [3.8, 4) is 0 Å². The second-order valence-electron chi connectivity index (χ2n) is 8.43. The normalized spacial score (nSPS) is 21.7. The van der Waals surface area contributed by atoms with Crippen molar-refractivity contribution in [3.63, 3.8) is 0 Å². The van der Waals surface area contributed by atoms with Gasteiger partial charge in [-0.25, -0.2) is 0 Å². The summed E-state index contributed by atoms with van der Waals surface area (Å²) in [6.45, 7) is 0. The fourth-order valence-electron chi connectivity index (χ4n) is 5.14. The molecule has 2 aliphatic rings. The van der Waals surface area contributed by atoms with Gasteiger partial charge in [-0.15, -0.1) is 0 Å². The van der Waals surface area contributed by atoms with Gasteiger partial charge in [-0.3, -0.25) is 4.79 Å². The van der Waals surface area contributed by atoms with Crippen LogP contribution in [0.2, 0.25) is 0 Å². The lowest BCUT2D eigenvalue weighted by molar-refractivity contribution is 0.0651. The molecule has 3 aromatic rings. The fraction of sp³-hybridized carbons (Fsp3) is 0.222. The predicted octanol–water partition coefficient (Wildman–Crippen LogP) is 4.50. The molecule has 150 valence electrons. The minimum Gasteiger partial charge on any atom is -0.387 e. The van der Waals surface area contributed by atoms with Crippen molar-refractivity contribution in [1.82, 2.24) is 5.32 Å². The first-order valence-electron chi connectivity index (χ1n) is 10.5. The summed E-state index contributed by atoms with van der Waals surface area (Å²) in [6, 6.07) is 24.5. The molecule has 5 rings (SSSR count). The molecule has 0 fully saturated rings. The second-order valence-corrected chi connectivity index (χ2v) is 8.43. The van der Waals surface area contributed by atoms with Crippen LogP contribution >= 0.6 is 0 Å². The quantitative estimate of drug-likeness (QED) is 0.683. The largest absolute Gasteiger partial charge is 0.387 e. The molecule has 0 saturated carbocycles. The number of rotatable bonds is 4. The van der Waals surface area contributed by atoms with Crippen LogP contribution in [0, 0.1) is 5.41 Å². The third kappa shape index (κ3) is 2.98. The van der Waals surface area contributed by atoms with E-state index < -0.39 is 6.10 Å². The Bertz CT molecular complexity index is 1150. The first kappa shape index (κ1) is 18.8. The molecule has 0 radical (unpaired) electrons. The number of nitrogens with one attached hydrogen (secondary N) is 1. The minimum absolute atomic E-state index is 0.0847. The summed E-state index contributed by atoms with van der Waals surface area (Å²) < 4.78 is 0. The van der Waals surface area contributed by atoms with E-state index in [1.54, 1.807) is 7.05 Å². The van der Waals surface area contributed by atoms with Crippen molar-refractivity contribution in [3.05, 3.63) is 112 Å². The van der Waals surface area contributed by atoms with Crippen LogP contribution in [0.5, 0.6) is 0 Å². The third-order valence-corrected chi connectivity index (χ3v) is 6.75. The van der Waals surface area contributed by atoms with Gasteiger partial charge in [0.2, 0.25) is 0 Å². The molecule has 2 atom stereocenters. The van der Waals surface area contributed by atoms with Gasteiger partial charge in [-0.2, -0.15) is 0 Å². The monoisotopic (exact) mass is 395 g/mol. The number of aliphatic hydroxyl groups is 1. The highest BCUT2D eigenvalue weighted by molar-refractivity contribution is 5.93. The van der Waals surface area contributed by atoms with E-state index in [1.165, 1.54) is 22.3 Å². The summed E-state index contributed by atoms with van der Waals surface area (Å²) in [5.41, 5.74) is 7.54. The van der Waals surface area contributed by atoms with E-state index in [0.717, 1.165) is 30.4 Å². The standard InChI is InChI=1S/C27H25NO2/c1-28-26(30)19-12-10-18(11-13-19)16-27(17-22-8-4-5-9-24(22)25(27)29)23-14-20-6-2-3-7-21(20)15-23/h2-14,25,29H,15-17H2,1H3,(H,28,30). The molecule has 2 aliphatic carbocycles. The van der Waals surface area contributed by atoms with Crippen molar-refractivity contribution in [2.75, 3.05) is 7.05 Å². The lowest BCUT2D eigenvalue weighted by Gasteiger charge is -2.35. The molecule has 0 saturated heterocycles. The highest BCUT2D eigenvalue weighted by Gasteiger charge is 2.48. The number of carbonyl (C=O) groups excluding carboxylic acids is 1. The van der Waals surface area contributed by atoms with Gasteiger partial charge >= 0.3 is 0 Å². The third-order valence-electron chi connectivity index (χ3n) is 6.75. The lowest BCUT2D eigenvalue weighted by Crippen LogP contribution is -2.31. The number of amides is 1. The Morgan fingerprint density at radius 3 is 2.40 bits per heavy atom. The van der Waals surface area contributed by atoms with Crippen LogP contribution in [0.15, 0.2) is 78.4 Å². The molecule has 2 N–H and O–H groups in total. The summed E-state index contributed by atoms with van der Waals surface area (Å²) in [5.74, 6) is -0.0847. The number of carbonyl (C=O) groups is 1. The molecule has 0 heterocycles. The highest BCUT2D eigenvalue weighted by Crippen LogP contribution is 2.54. The first-order valence-corrected chi connectivity index (χ1v) is 10.5. The van der Waals surface area contributed by atoms with Crippen molar-refractivity contribution < 1.29 is 9.90 Å². The number of hydrogen-bond donors (Lipinski definition) is 2. The van der Waals surface area contributed by atoms with Crippen LogP contribution in [0.3, 0.4) is 0 Å². The maximum absolute atomic E-state index is 11.9. The van der Waals surface area contributed by atoms with Gasteiger partial charge in [0.15, 0.2) is 0 Å². The topological polar surface area (TPSA) is 49.3 Å².